The molecule has 5 nitrogen and oxygen atoms in total. The van der Waals surface area contributed by atoms with Crippen LogP contribution in [0.5, 0.6) is 0 Å². The molecule has 0 radical (unpaired) electrons. The molecule has 120 valence electrons. The van der Waals surface area contributed by atoms with E-state index in [4.69, 9.17) is 4.98 Å². The lowest BCUT2D eigenvalue weighted by atomic mass is 9.96. The van der Waals surface area contributed by atoms with E-state index in [-0.39, 0.29) is 5.91 Å². The third-order valence-electron chi connectivity index (χ3n) is 4.88. The van der Waals surface area contributed by atoms with Crippen LogP contribution in [0, 0.1) is 6.92 Å². The maximum absolute atomic E-state index is 11.4. The van der Waals surface area contributed by atoms with Crippen LogP contribution in [0.15, 0.2) is 6.07 Å². The Bertz CT molecular complexity index is 531. The first kappa shape index (κ1) is 15.3. The summed E-state index contributed by atoms with van der Waals surface area (Å²) in [4.78, 5) is 22.8. The first-order valence-electron chi connectivity index (χ1n) is 8.49. The summed E-state index contributed by atoms with van der Waals surface area (Å²) in [6, 6.07) is 2.62. The molecule has 0 atom stereocenters. The van der Waals surface area contributed by atoms with Crippen molar-refractivity contribution in [1.82, 2.24) is 14.9 Å². The van der Waals surface area contributed by atoms with E-state index in [1.165, 1.54) is 25.7 Å². The monoisotopic (exact) mass is 302 g/mol. The number of nitrogens with zero attached hydrogens (tertiary/aromatic N) is 3. The minimum absolute atomic E-state index is 0.173. The van der Waals surface area contributed by atoms with Gasteiger partial charge < -0.3 is 10.2 Å². The second-order valence-electron chi connectivity index (χ2n) is 6.66. The van der Waals surface area contributed by atoms with Gasteiger partial charge in [-0.3, -0.25) is 4.79 Å². The second-order valence-corrected chi connectivity index (χ2v) is 6.66. The first-order chi connectivity index (χ1) is 10.6. The molecule has 22 heavy (non-hydrogen) atoms. The number of piperidine rings is 1. The number of amides is 1. The van der Waals surface area contributed by atoms with E-state index in [1.807, 2.05) is 17.9 Å². The second kappa shape index (κ2) is 6.63. The molecular formula is C17H26N4O. The van der Waals surface area contributed by atoms with Gasteiger partial charge in [0.05, 0.1) is 0 Å². The lowest BCUT2D eigenvalue weighted by Crippen LogP contribution is -2.36. The van der Waals surface area contributed by atoms with Crippen LogP contribution in [0.3, 0.4) is 0 Å². The van der Waals surface area contributed by atoms with E-state index >= 15 is 0 Å². The molecule has 3 rings (SSSR count). The molecule has 2 heterocycles. The fourth-order valence-corrected chi connectivity index (χ4v) is 3.58. The molecule has 1 saturated heterocycles. The van der Waals surface area contributed by atoms with Gasteiger partial charge in [0.15, 0.2) is 0 Å². The molecule has 1 aliphatic carbocycles. The van der Waals surface area contributed by atoms with Crippen LogP contribution in [0.2, 0.25) is 0 Å². The van der Waals surface area contributed by atoms with E-state index in [0.29, 0.717) is 12.0 Å². The number of nitrogens with one attached hydrogen (secondary N) is 1. The number of hydrogen-bond donors (Lipinski definition) is 1. The molecule has 1 N–H and O–H groups in total. The number of carbonyl (C=O) groups is 1. The van der Waals surface area contributed by atoms with E-state index in [0.717, 1.165) is 43.3 Å². The molecule has 0 aromatic carbocycles. The van der Waals surface area contributed by atoms with Crippen LogP contribution < -0.4 is 5.32 Å². The first-order valence-corrected chi connectivity index (χ1v) is 8.49. The highest BCUT2D eigenvalue weighted by molar-refractivity contribution is 5.73. The Hall–Kier alpha value is -1.65. The van der Waals surface area contributed by atoms with Crippen molar-refractivity contribution >= 4 is 11.7 Å². The smallest absolute Gasteiger partial charge is 0.219 e. The Morgan fingerprint density at radius 2 is 1.86 bits per heavy atom. The molecule has 1 aromatic heterocycles. The number of aromatic nitrogens is 2. The fraction of sp³-hybridized carbons (Fsp3) is 0.706. The van der Waals surface area contributed by atoms with Crippen LogP contribution in [0.4, 0.5) is 5.82 Å². The maximum Gasteiger partial charge on any atom is 0.219 e. The van der Waals surface area contributed by atoms with Gasteiger partial charge in [0.25, 0.3) is 0 Å². The van der Waals surface area contributed by atoms with Crippen LogP contribution in [-0.2, 0) is 4.79 Å². The van der Waals surface area contributed by atoms with Gasteiger partial charge in [-0.05, 0) is 32.6 Å². The van der Waals surface area contributed by atoms with Gasteiger partial charge in [-0.15, -0.1) is 0 Å². The predicted octanol–water partition coefficient (Wildman–Crippen LogP) is 2.87. The summed E-state index contributed by atoms with van der Waals surface area (Å²) < 4.78 is 0. The van der Waals surface area contributed by atoms with Crippen molar-refractivity contribution < 1.29 is 4.79 Å². The normalized spacial score (nSPS) is 20.4. The molecule has 0 unspecified atom stereocenters. The summed E-state index contributed by atoms with van der Waals surface area (Å²) in [7, 11) is 0. The van der Waals surface area contributed by atoms with E-state index < -0.39 is 0 Å². The SMILES string of the molecule is CC(=O)N1CCC(c2nc(C)cc(NC3CCCC3)n2)CC1. The van der Waals surface area contributed by atoms with Crippen LogP contribution in [0.25, 0.3) is 0 Å². The lowest BCUT2D eigenvalue weighted by molar-refractivity contribution is -0.129. The van der Waals surface area contributed by atoms with Crippen molar-refractivity contribution in [3.63, 3.8) is 0 Å². The van der Waals surface area contributed by atoms with Crippen LogP contribution in [0.1, 0.15) is 62.9 Å². The Kier molecular flexibility index (Phi) is 4.60. The van der Waals surface area contributed by atoms with Gasteiger partial charge in [-0.25, -0.2) is 9.97 Å². The van der Waals surface area contributed by atoms with Gasteiger partial charge in [0.2, 0.25) is 5.91 Å². The number of rotatable bonds is 3. The van der Waals surface area contributed by atoms with E-state index in [2.05, 4.69) is 10.3 Å². The lowest BCUT2D eigenvalue weighted by Gasteiger charge is -2.30. The highest BCUT2D eigenvalue weighted by Gasteiger charge is 2.24. The van der Waals surface area contributed by atoms with Crippen molar-refractivity contribution in [3.8, 4) is 0 Å². The zero-order valence-corrected chi connectivity index (χ0v) is 13.6. The van der Waals surface area contributed by atoms with Crippen molar-refractivity contribution in [3.05, 3.63) is 17.6 Å². The molecule has 5 heteroatoms. The van der Waals surface area contributed by atoms with Crippen molar-refractivity contribution in [2.24, 2.45) is 0 Å². The summed E-state index contributed by atoms with van der Waals surface area (Å²) in [5, 5.41) is 3.57. The molecule has 2 fully saturated rings. The van der Waals surface area contributed by atoms with Crippen LogP contribution in [-0.4, -0.2) is 39.9 Å². The average molecular weight is 302 g/mol. The zero-order chi connectivity index (χ0) is 15.5. The number of anilines is 1. The summed E-state index contributed by atoms with van der Waals surface area (Å²) >= 11 is 0. The number of aryl methyl sites for hydroxylation is 1. The number of likely N-dealkylation sites (tertiary alicyclic amines) is 1. The Morgan fingerprint density at radius 3 is 2.50 bits per heavy atom. The third-order valence-corrected chi connectivity index (χ3v) is 4.88. The minimum Gasteiger partial charge on any atom is -0.367 e. The maximum atomic E-state index is 11.4. The molecular weight excluding hydrogens is 276 g/mol. The zero-order valence-electron chi connectivity index (χ0n) is 13.6. The van der Waals surface area contributed by atoms with Gasteiger partial charge in [-0.2, -0.15) is 0 Å². The largest absolute Gasteiger partial charge is 0.367 e. The molecule has 1 aromatic rings. The number of hydrogen-bond acceptors (Lipinski definition) is 4. The number of carbonyl (C=O) groups excluding carboxylic acids is 1. The quantitative estimate of drug-likeness (QED) is 0.932. The Labute approximate surface area is 132 Å². The van der Waals surface area contributed by atoms with Crippen molar-refractivity contribution in [2.75, 3.05) is 18.4 Å². The minimum atomic E-state index is 0.173. The Morgan fingerprint density at radius 1 is 1.18 bits per heavy atom. The molecule has 0 bridgehead atoms. The highest BCUT2D eigenvalue weighted by Crippen LogP contribution is 2.27. The van der Waals surface area contributed by atoms with Gasteiger partial charge >= 0.3 is 0 Å². The summed E-state index contributed by atoms with van der Waals surface area (Å²) in [6.07, 6.45) is 7.05. The van der Waals surface area contributed by atoms with Crippen molar-refractivity contribution in [2.45, 2.75) is 64.3 Å². The molecule has 1 aliphatic heterocycles. The molecule has 0 spiro atoms. The van der Waals surface area contributed by atoms with Gasteiger partial charge in [0, 0.05) is 43.7 Å². The third kappa shape index (κ3) is 3.57. The summed E-state index contributed by atoms with van der Waals surface area (Å²) in [5.74, 6) is 2.47. The molecule has 1 saturated carbocycles. The Balaban J connectivity index is 1.68. The average Bonchev–Trinajstić information content (AvgIpc) is 2.99. The molecule has 2 aliphatic rings. The molecule has 1 amide bonds. The van der Waals surface area contributed by atoms with Crippen LogP contribution >= 0.6 is 0 Å². The van der Waals surface area contributed by atoms with Crippen molar-refractivity contribution in [1.29, 1.82) is 0 Å². The fourth-order valence-electron chi connectivity index (χ4n) is 3.58. The van der Waals surface area contributed by atoms with Gasteiger partial charge in [0.1, 0.15) is 11.6 Å². The summed E-state index contributed by atoms with van der Waals surface area (Å²) in [5.41, 5.74) is 1.03. The highest BCUT2D eigenvalue weighted by atomic mass is 16.2. The summed E-state index contributed by atoms with van der Waals surface area (Å²) in [6.45, 7) is 5.33. The predicted molar refractivity (Wildman–Crippen MR) is 86.9 cm³/mol. The van der Waals surface area contributed by atoms with E-state index in [9.17, 15) is 4.79 Å². The topological polar surface area (TPSA) is 58.1 Å². The van der Waals surface area contributed by atoms with E-state index in [1.54, 1.807) is 6.92 Å². The van der Waals surface area contributed by atoms with Gasteiger partial charge in [-0.1, -0.05) is 12.8 Å². The standard InChI is InChI=1S/C17H26N4O/c1-12-11-16(19-15-5-3-4-6-15)20-17(18-12)14-7-9-21(10-8-14)13(2)22/h11,14-15H,3-10H2,1-2H3,(H,18,19,20).